The van der Waals surface area contributed by atoms with E-state index >= 15 is 0 Å². The number of fused-ring (bicyclic) bond motifs is 2. The highest BCUT2D eigenvalue weighted by atomic mass is 15.2. The standard InChI is InChI=1S/C28H25N/c1-20-9-7-13-24(19-20)29(27-16-8-12-22-10-3-5-14-25(22)27)28-21(2)17-18-23-11-4-6-15-26(23)28/h3-16,18-19,21H,17H2,1-2H3. The Bertz CT molecular complexity index is 1310. The molecule has 1 unspecified atom stereocenters. The van der Waals surface area contributed by atoms with Crippen molar-refractivity contribution in [3.8, 4) is 0 Å². The van der Waals surface area contributed by atoms with E-state index in [0.717, 1.165) is 6.42 Å². The topological polar surface area (TPSA) is 3.24 Å². The first-order valence-electron chi connectivity index (χ1n) is 10.4. The summed E-state index contributed by atoms with van der Waals surface area (Å²) >= 11 is 0. The molecule has 0 amide bonds. The van der Waals surface area contributed by atoms with Crippen molar-refractivity contribution in [3.63, 3.8) is 0 Å². The van der Waals surface area contributed by atoms with Gasteiger partial charge in [-0.25, -0.2) is 0 Å². The summed E-state index contributed by atoms with van der Waals surface area (Å²) < 4.78 is 0. The SMILES string of the molecule is Cc1cccc(N(C2=c3ccccc3=CCC2C)c2cccc3ccccc23)c1. The summed E-state index contributed by atoms with van der Waals surface area (Å²) in [5.74, 6) is 0.435. The molecule has 1 heteroatoms. The minimum absolute atomic E-state index is 0.435. The van der Waals surface area contributed by atoms with E-state index in [-0.39, 0.29) is 0 Å². The van der Waals surface area contributed by atoms with Gasteiger partial charge in [-0.1, -0.05) is 85.8 Å². The minimum Gasteiger partial charge on any atom is -0.313 e. The van der Waals surface area contributed by atoms with Gasteiger partial charge in [0.25, 0.3) is 0 Å². The zero-order valence-corrected chi connectivity index (χ0v) is 17.0. The van der Waals surface area contributed by atoms with E-state index in [4.69, 9.17) is 0 Å². The summed E-state index contributed by atoms with van der Waals surface area (Å²) in [6.45, 7) is 4.51. The first-order chi connectivity index (χ1) is 14.2. The fourth-order valence-electron chi connectivity index (χ4n) is 4.51. The molecule has 4 aromatic rings. The van der Waals surface area contributed by atoms with Crippen LogP contribution >= 0.6 is 0 Å². The molecule has 0 N–H and O–H groups in total. The summed E-state index contributed by atoms with van der Waals surface area (Å²) in [5, 5.41) is 5.22. The Morgan fingerprint density at radius 1 is 0.793 bits per heavy atom. The van der Waals surface area contributed by atoms with E-state index in [9.17, 15) is 0 Å². The Morgan fingerprint density at radius 3 is 2.45 bits per heavy atom. The van der Waals surface area contributed by atoms with Crippen LogP contribution in [0.4, 0.5) is 11.4 Å². The van der Waals surface area contributed by atoms with Crippen LogP contribution in [0.2, 0.25) is 0 Å². The van der Waals surface area contributed by atoms with Crippen molar-refractivity contribution in [2.24, 2.45) is 5.92 Å². The predicted octanol–water partition coefficient (Wildman–Crippen LogP) is 5.92. The number of hydrogen-bond acceptors (Lipinski definition) is 1. The van der Waals surface area contributed by atoms with Crippen LogP contribution in [0.15, 0.2) is 91.0 Å². The second-order valence-corrected chi connectivity index (χ2v) is 7.99. The van der Waals surface area contributed by atoms with Gasteiger partial charge in [0.05, 0.1) is 5.69 Å². The molecule has 0 saturated heterocycles. The van der Waals surface area contributed by atoms with Crippen LogP contribution in [0.3, 0.4) is 0 Å². The molecule has 1 aliphatic rings. The Labute approximate surface area is 172 Å². The lowest BCUT2D eigenvalue weighted by atomic mass is 9.92. The molecule has 0 bridgehead atoms. The molecule has 0 heterocycles. The van der Waals surface area contributed by atoms with Crippen LogP contribution in [-0.2, 0) is 0 Å². The van der Waals surface area contributed by atoms with E-state index in [2.05, 4.69) is 116 Å². The lowest BCUT2D eigenvalue weighted by Gasteiger charge is -2.34. The number of rotatable bonds is 3. The molecule has 4 aromatic carbocycles. The lowest BCUT2D eigenvalue weighted by Crippen LogP contribution is -2.38. The highest BCUT2D eigenvalue weighted by Crippen LogP contribution is 2.39. The van der Waals surface area contributed by atoms with Gasteiger partial charge < -0.3 is 4.90 Å². The molecule has 5 rings (SSSR count). The van der Waals surface area contributed by atoms with Gasteiger partial charge in [0.2, 0.25) is 0 Å². The average Bonchev–Trinajstić information content (AvgIpc) is 2.76. The average molecular weight is 376 g/mol. The second kappa shape index (κ2) is 7.25. The zero-order chi connectivity index (χ0) is 19.8. The third-order valence-electron chi connectivity index (χ3n) is 5.90. The van der Waals surface area contributed by atoms with Gasteiger partial charge in [-0.2, -0.15) is 0 Å². The zero-order valence-electron chi connectivity index (χ0n) is 17.0. The number of benzene rings is 4. The van der Waals surface area contributed by atoms with Crippen LogP contribution in [0.25, 0.3) is 22.5 Å². The molecule has 1 nitrogen and oxygen atoms in total. The van der Waals surface area contributed by atoms with Crippen LogP contribution in [-0.4, -0.2) is 0 Å². The third-order valence-corrected chi connectivity index (χ3v) is 5.90. The van der Waals surface area contributed by atoms with Gasteiger partial charge in [0, 0.05) is 27.9 Å². The fourth-order valence-corrected chi connectivity index (χ4v) is 4.51. The van der Waals surface area contributed by atoms with E-state index < -0.39 is 0 Å². The quantitative estimate of drug-likeness (QED) is 0.430. The molecule has 0 radical (unpaired) electrons. The Balaban J connectivity index is 1.89. The Morgan fingerprint density at radius 2 is 1.55 bits per heavy atom. The van der Waals surface area contributed by atoms with Crippen molar-refractivity contribution in [1.82, 2.24) is 0 Å². The van der Waals surface area contributed by atoms with Crippen LogP contribution < -0.4 is 15.3 Å². The van der Waals surface area contributed by atoms with Gasteiger partial charge in [-0.05, 0) is 47.7 Å². The van der Waals surface area contributed by atoms with Gasteiger partial charge in [0.1, 0.15) is 0 Å². The smallest absolute Gasteiger partial charge is 0.0537 e. The second-order valence-electron chi connectivity index (χ2n) is 7.99. The van der Waals surface area contributed by atoms with Crippen molar-refractivity contribution >= 4 is 33.9 Å². The van der Waals surface area contributed by atoms with Gasteiger partial charge in [-0.3, -0.25) is 0 Å². The van der Waals surface area contributed by atoms with E-state index in [1.807, 2.05) is 0 Å². The molecule has 142 valence electrons. The Hall–Kier alpha value is -3.32. The number of aryl methyl sites for hydroxylation is 1. The molecule has 0 fully saturated rings. The molecule has 0 saturated carbocycles. The van der Waals surface area contributed by atoms with Gasteiger partial charge in [-0.15, -0.1) is 0 Å². The van der Waals surface area contributed by atoms with Crippen molar-refractivity contribution in [2.45, 2.75) is 20.3 Å². The van der Waals surface area contributed by atoms with E-state index in [0.29, 0.717) is 5.92 Å². The molecule has 0 aromatic heterocycles. The van der Waals surface area contributed by atoms with Crippen molar-refractivity contribution in [2.75, 3.05) is 4.90 Å². The largest absolute Gasteiger partial charge is 0.313 e. The fraction of sp³-hybridized carbons (Fsp3) is 0.143. The molecule has 29 heavy (non-hydrogen) atoms. The number of hydrogen-bond donors (Lipinski definition) is 0. The van der Waals surface area contributed by atoms with Gasteiger partial charge in [0.15, 0.2) is 0 Å². The van der Waals surface area contributed by atoms with Crippen molar-refractivity contribution in [1.29, 1.82) is 0 Å². The molecular formula is C28H25N. The highest BCUT2D eigenvalue weighted by molar-refractivity contribution is 6.00. The molecular weight excluding hydrogens is 350 g/mol. The first kappa shape index (κ1) is 17.8. The Kier molecular flexibility index (Phi) is 4.44. The summed E-state index contributed by atoms with van der Waals surface area (Å²) in [7, 11) is 0. The van der Waals surface area contributed by atoms with Gasteiger partial charge >= 0.3 is 0 Å². The van der Waals surface area contributed by atoms with Crippen LogP contribution in [0, 0.1) is 12.8 Å². The maximum Gasteiger partial charge on any atom is 0.0537 e. The lowest BCUT2D eigenvalue weighted by molar-refractivity contribution is 0.754. The van der Waals surface area contributed by atoms with E-state index in [1.54, 1.807) is 0 Å². The minimum atomic E-state index is 0.435. The van der Waals surface area contributed by atoms with Crippen LogP contribution in [0.5, 0.6) is 0 Å². The molecule has 1 atom stereocenters. The van der Waals surface area contributed by atoms with Crippen LogP contribution in [0.1, 0.15) is 18.9 Å². The van der Waals surface area contributed by atoms with Crippen molar-refractivity contribution in [3.05, 3.63) is 107 Å². The summed E-state index contributed by atoms with van der Waals surface area (Å²) in [6.07, 6.45) is 3.43. The van der Waals surface area contributed by atoms with Crippen molar-refractivity contribution < 1.29 is 0 Å². The number of nitrogens with zero attached hydrogens (tertiary/aromatic N) is 1. The normalized spacial score (nSPS) is 15.7. The maximum absolute atomic E-state index is 2.49. The monoisotopic (exact) mass is 375 g/mol. The third kappa shape index (κ3) is 3.13. The molecule has 0 aliphatic heterocycles. The summed E-state index contributed by atoms with van der Waals surface area (Å²) in [4.78, 5) is 2.49. The summed E-state index contributed by atoms with van der Waals surface area (Å²) in [5.41, 5.74) is 5.12. The highest BCUT2D eigenvalue weighted by Gasteiger charge is 2.23. The van der Waals surface area contributed by atoms with E-state index in [1.165, 1.54) is 43.8 Å². The predicted molar refractivity (Wildman–Crippen MR) is 125 cm³/mol. The number of anilines is 2. The summed E-state index contributed by atoms with van der Waals surface area (Å²) in [6, 6.07) is 33.0. The molecule has 0 spiro atoms. The molecule has 1 aliphatic carbocycles. The first-order valence-corrected chi connectivity index (χ1v) is 10.4. The maximum atomic E-state index is 2.49.